The number of aromatic nitrogens is 1. The van der Waals surface area contributed by atoms with Gasteiger partial charge in [-0.25, -0.2) is 4.98 Å². The highest BCUT2D eigenvalue weighted by atomic mass is 35.5. The molecule has 1 heterocycles. The van der Waals surface area contributed by atoms with Gasteiger partial charge in [-0.3, -0.25) is 10.1 Å². The molecule has 2 rings (SSSR count). The number of rotatable bonds is 3. The number of nitrogens with zero attached hydrogens (tertiary/aromatic N) is 2. The zero-order chi connectivity index (χ0) is 13.1. The lowest BCUT2D eigenvalue weighted by molar-refractivity contribution is -0.386. The highest BCUT2D eigenvalue weighted by molar-refractivity contribution is 6.30. The fraction of sp³-hybridized carbons (Fsp3) is 0.545. The van der Waals surface area contributed by atoms with Crippen molar-refractivity contribution in [3.63, 3.8) is 0 Å². The quantitative estimate of drug-likeness (QED) is 0.673. The van der Waals surface area contributed by atoms with Crippen LogP contribution in [0.1, 0.15) is 25.7 Å². The molecular formula is C11H14ClN3O3. The zero-order valence-electron chi connectivity index (χ0n) is 9.71. The summed E-state index contributed by atoms with van der Waals surface area (Å²) in [5, 5.41) is 11.1. The standard InChI is InChI=1S/C11H14ClN3O3/c12-7-4-10(15(16)17)11(14-6-7)18-9-3-1-2-8(13)5-9/h4,6,8-9H,1-3,5,13H2. The molecule has 7 heteroatoms. The highest BCUT2D eigenvalue weighted by Crippen LogP contribution is 2.30. The summed E-state index contributed by atoms with van der Waals surface area (Å²) in [6, 6.07) is 1.34. The Morgan fingerprint density at radius 2 is 2.33 bits per heavy atom. The first-order valence-corrected chi connectivity index (χ1v) is 6.16. The van der Waals surface area contributed by atoms with Crippen molar-refractivity contribution >= 4 is 17.3 Å². The van der Waals surface area contributed by atoms with Crippen LogP contribution in [0.3, 0.4) is 0 Å². The number of hydrogen-bond acceptors (Lipinski definition) is 5. The number of halogens is 1. The van der Waals surface area contributed by atoms with Crippen LogP contribution in [0.5, 0.6) is 5.88 Å². The molecule has 0 saturated heterocycles. The molecule has 1 aliphatic carbocycles. The summed E-state index contributed by atoms with van der Waals surface area (Å²) in [6.07, 6.45) is 4.70. The Bertz CT molecular complexity index is 455. The van der Waals surface area contributed by atoms with Gasteiger partial charge in [-0.15, -0.1) is 0 Å². The molecule has 18 heavy (non-hydrogen) atoms. The molecule has 0 spiro atoms. The van der Waals surface area contributed by atoms with E-state index in [-0.39, 0.29) is 28.7 Å². The van der Waals surface area contributed by atoms with Crippen LogP contribution in [0.4, 0.5) is 5.69 Å². The van der Waals surface area contributed by atoms with Crippen molar-refractivity contribution < 1.29 is 9.66 Å². The summed E-state index contributed by atoms with van der Waals surface area (Å²) in [7, 11) is 0. The van der Waals surface area contributed by atoms with E-state index < -0.39 is 4.92 Å². The first kappa shape index (κ1) is 13.0. The topological polar surface area (TPSA) is 91.3 Å². The monoisotopic (exact) mass is 271 g/mol. The van der Waals surface area contributed by atoms with Crippen LogP contribution in [-0.4, -0.2) is 22.1 Å². The van der Waals surface area contributed by atoms with Crippen LogP contribution < -0.4 is 10.5 Å². The fourth-order valence-corrected chi connectivity index (χ4v) is 2.24. The van der Waals surface area contributed by atoms with E-state index in [1.54, 1.807) is 0 Å². The Balaban J connectivity index is 2.15. The average Bonchev–Trinajstić information content (AvgIpc) is 2.31. The predicted molar refractivity (Wildman–Crippen MR) is 66.8 cm³/mol. The fourth-order valence-electron chi connectivity index (χ4n) is 2.08. The highest BCUT2D eigenvalue weighted by Gasteiger charge is 2.25. The van der Waals surface area contributed by atoms with Crippen LogP contribution in [0, 0.1) is 10.1 Å². The summed E-state index contributed by atoms with van der Waals surface area (Å²) >= 11 is 5.68. The smallest absolute Gasteiger partial charge is 0.332 e. The molecule has 2 N–H and O–H groups in total. The average molecular weight is 272 g/mol. The lowest BCUT2D eigenvalue weighted by Gasteiger charge is -2.26. The van der Waals surface area contributed by atoms with Crippen molar-refractivity contribution in [3.05, 3.63) is 27.4 Å². The Morgan fingerprint density at radius 3 is 3.00 bits per heavy atom. The van der Waals surface area contributed by atoms with E-state index in [9.17, 15) is 10.1 Å². The summed E-state index contributed by atoms with van der Waals surface area (Å²) in [5.74, 6) is 0.0171. The Kier molecular flexibility index (Phi) is 3.98. The number of pyridine rings is 1. The predicted octanol–water partition coefficient (Wildman–Crippen LogP) is 2.29. The molecule has 2 atom stereocenters. The number of nitrogens with two attached hydrogens (primary N) is 1. The maximum atomic E-state index is 10.9. The molecule has 1 saturated carbocycles. The Labute approximate surface area is 109 Å². The van der Waals surface area contributed by atoms with Gasteiger partial charge in [0.1, 0.15) is 6.10 Å². The van der Waals surface area contributed by atoms with Gasteiger partial charge in [-0.2, -0.15) is 0 Å². The van der Waals surface area contributed by atoms with Crippen molar-refractivity contribution in [1.82, 2.24) is 4.98 Å². The van der Waals surface area contributed by atoms with E-state index in [2.05, 4.69) is 4.98 Å². The largest absolute Gasteiger partial charge is 0.469 e. The lowest BCUT2D eigenvalue weighted by Crippen LogP contribution is -2.34. The van der Waals surface area contributed by atoms with Gasteiger partial charge >= 0.3 is 5.69 Å². The summed E-state index contributed by atoms with van der Waals surface area (Å²) < 4.78 is 5.58. The van der Waals surface area contributed by atoms with Crippen LogP contribution in [-0.2, 0) is 0 Å². The Hall–Kier alpha value is -1.40. The molecule has 1 aliphatic rings. The molecule has 2 unspecified atom stereocenters. The van der Waals surface area contributed by atoms with Gasteiger partial charge in [-0.1, -0.05) is 11.6 Å². The molecular weight excluding hydrogens is 258 g/mol. The van der Waals surface area contributed by atoms with Gasteiger partial charge in [-0.05, 0) is 25.7 Å². The van der Waals surface area contributed by atoms with Crippen molar-refractivity contribution in [3.8, 4) is 5.88 Å². The molecule has 1 aromatic heterocycles. The van der Waals surface area contributed by atoms with E-state index in [0.29, 0.717) is 6.42 Å². The molecule has 0 aromatic carbocycles. The van der Waals surface area contributed by atoms with Gasteiger partial charge in [0.2, 0.25) is 0 Å². The van der Waals surface area contributed by atoms with Gasteiger partial charge in [0, 0.05) is 12.1 Å². The molecule has 0 radical (unpaired) electrons. The van der Waals surface area contributed by atoms with Crippen molar-refractivity contribution in [1.29, 1.82) is 0 Å². The first-order chi connectivity index (χ1) is 8.56. The molecule has 0 bridgehead atoms. The van der Waals surface area contributed by atoms with Crippen LogP contribution in [0.2, 0.25) is 5.02 Å². The normalized spacial score (nSPS) is 23.7. The van der Waals surface area contributed by atoms with E-state index >= 15 is 0 Å². The second kappa shape index (κ2) is 5.49. The molecule has 1 fully saturated rings. The van der Waals surface area contributed by atoms with Gasteiger partial charge in [0.25, 0.3) is 5.88 Å². The number of hydrogen-bond donors (Lipinski definition) is 1. The summed E-state index contributed by atoms with van der Waals surface area (Å²) in [5.41, 5.74) is 5.64. The van der Waals surface area contributed by atoms with Gasteiger partial charge < -0.3 is 10.5 Å². The minimum Gasteiger partial charge on any atom is -0.469 e. The van der Waals surface area contributed by atoms with Crippen LogP contribution in [0.25, 0.3) is 0 Å². The molecule has 0 aliphatic heterocycles. The summed E-state index contributed by atoms with van der Waals surface area (Å²) in [4.78, 5) is 14.2. The minimum atomic E-state index is -0.545. The summed E-state index contributed by atoms with van der Waals surface area (Å²) in [6.45, 7) is 0. The van der Waals surface area contributed by atoms with Gasteiger partial charge in [0.05, 0.1) is 16.1 Å². The number of ether oxygens (including phenoxy) is 1. The van der Waals surface area contributed by atoms with Crippen molar-refractivity contribution in [2.24, 2.45) is 5.73 Å². The van der Waals surface area contributed by atoms with E-state index in [4.69, 9.17) is 22.1 Å². The maximum absolute atomic E-state index is 10.9. The lowest BCUT2D eigenvalue weighted by atomic mass is 9.94. The molecule has 0 amide bonds. The van der Waals surface area contributed by atoms with E-state index in [1.165, 1.54) is 12.3 Å². The second-order valence-corrected chi connectivity index (χ2v) is 4.84. The molecule has 98 valence electrons. The first-order valence-electron chi connectivity index (χ1n) is 5.78. The SMILES string of the molecule is NC1CCCC(Oc2ncc(Cl)cc2[N+](=O)[O-])C1. The third-order valence-corrected chi connectivity index (χ3v) is 3.15. The molecule has 6 nitrogen and oxygen atoms in total. The minimum absolute atomic E-state index is 0.0171. The van der Waals surface area contributed by atoms with Crippen molar-refractivity contribution in [2.75, 3.05) is 0 Å². The zero-order valence-corrected chi connectivity index (χ0v) is 10.5. The number of nitro groups is 1. The second-order valence-electron chi connectivity index (χ2n) is 4.40. The third-order valence-electron chi connectivity index (χ3n) is 2.94. The maximum Gasteiger partial charge on any atom is 0.332 e. The van der Waals surface area contributed by atoms with Crippen LogP contribution >= 0.6 is 11.6 Å². The van der Waals surface area contributed by atoms with Crippen LogP contribution in [0.15, 0.2) is 12.3 Å². The van der Waals surface area contributed by atoms with E-state index in [1.807, 2.05) is 0 Å². The molecule has 1 aromatic rings. The Morgan fingerprint density at radius 1 is 1.56 bits per heavy atom. The third kappa shape index (κ3) is 3.08. The van der Waals surface area contributed by atoms with Gasteiger partial charge in [0.15, 0.2) is 0 Å². The van der Waals surface area contributed by atoms with Crippen molar-refractivity contribution in [2.45, 2.75) is 37.8 Å². The van der Waals surface area contributed by atoms with E-state index in [0.717, 1.165) is 19.3 Å².